The zero-order valence-corrected chi connectivity index (χ0v) is 17.1. The van der Waals surface area contributed by atoms with Gasteiger partial charge in [-0.2, -0.15) is 0 Å². The lowest BCUT2D eigenvalue weighted by molar-refractivity contribution is -0.119. The molecule has 2 rings (SSSR count). The molecule has 7 heteroatoms. The van der Waals surface area contributed by atoms with Crippen molar-refractivity contribution in [2.75, 3.05) is 17.2 Å². The molecule has 0 bridgehead atoms. The Balaban J connectivity index is 1.90. The van der Waals surface area contributed by atoms with Crippen molar-refractivity contribution in [2.45, 2.75) is 39.7 Å². The number of anilines is 2. The number of aryl methyl sites for hydroxylation is 1. The minimum atomic E-state index is -0.671. The summed E-state index contributed by atoms with van der Waals surface area (Å²) in [6.45, 7) is 6.87. The molecular formula is C22H26N2O5. The molecule has 0 atom stereocenters. The first kappa shape index (κ1) is 21.9. The van der Waals surface area contributed by atoms with Crippen molar-refractivity contribution in [3.63, 3.8) is 0 Å². The van der Waals surface area contributed by atoms with E-state index in [9.17, 15) is 14.4 Å². The SMILES string of the molecule is CCc1cccc(NC(=O)COC(=O)c2cccc(NC(=O)OC(C)(C)C)c2)c1. The van der Waals surface area contributed by atoms with E-state index in [1.807, 2.05) is 25.1 Å². The third kappa shape index (κ3) is 7.65. The van der Waals surface area contributed by atoms with Gasteiger partial charge in [0, 0.05) is 11.4 Å². The number of carbonyl (C=O) groups is 3. The molecule has 2 N–H and O–H groups in total. The highest BCUT2D eigenvalue weighted by atomic mass is 16.6. The number of rotatable bonds is 6. The second-order valence-electron chi connectivity index (χ2n) is 7.39. The number of benzene rings is 2. The van der Waals surface area contributed by atoms with E-state index in [1.54, 1.807) is 39.0 Å². The average Bonchev–Trinajstić information content (AvgIpc) is 2.65. The first-order valence-corrected chi connectivity index (χ1v) is 9.32. The van der Waals surface area contributed by atoms with Crippen molar-refractivity contribution >= 4 is 29.3 Å². The number of ether oxygens (including phenoxy) is 2. The lowest BCUT2D eigenvalue weighted by Gasteiger charge is -2.19. The fraction of sp³-hybridized carbons (Fsp3) is 0.318. The van der Waals surface area contributed by atoms with Crippen LogP contribution < -0.4 is 10.6 Å². The van der Waals surface area contributed by atoms with Crippen LogP contribution in [-0.2, 0) is 20.7 Å². The lowest BCUT2D eigenvalue weighted by atomic mass is 10.1. The van der Waals surface area contributed by atoms with E-state index in [4.69, 9.17) is 9.47 Å². The first-order chi connectivity index (χ1) is 13.7. The maximum atomic E-state index is 12.2. The highest BCUT2D eigenvalue weighted by Crippen LogP contribution is 2.15. The van der Waals surface area contributed by atoms with Crippen LogP contribution in [0, 0.1) is 0 Å². The van der Waals surface area contributed by atoms with Crippen molar-refractivity contribution < 1.29 is 23.9 Å². The summed E-state index contributed by atoms with van der Waals surface area (Å²) in [5.74, 6) is -1.11. The molecule has 0 spiro atoms. The Labute approximate surface area is 170 Å². The summed E-state index contributed by atoms with van der Waals surface area (Å²) in [5, 5.41) is 5.25. The summed E-state index contributed by atoms with van der Waals surface area (Å²) in [6, 6.07) is 13.7. The molecule has 0 aliphatic heterocycles. The number of hydrogen-bond donors (Lipinski definition) is 2. The quantitative estimate of drug-likeness (QED) is 0.704. The van der Waals surface area contributed by atoms with Crippen LogP contribution in [0.2, 0.25) is 0 Å². The van der Waals surface area contributed by atoms with Crippen LogP contribution in [0.4, 0.5) is 16.2 Å². The van der Waals surface area contributed by atoms with Gasteiger partial charge in [0.25, 0.3) is 5.91 Å². The monoisotopic (exact) mass is 398 g/mol. The van der Waals surface area contributed by atoms with E-state index < -0.39 is 30.2 Å². The smallest absolute Gasteiger partial charge is 0.412 e. The number of esters is 1. The van der Waals surface area contributed by atoms with Crippen LogP contribution in [0.3, 0.4) is 0 Å². The predicted octanol–water partition coefficient (Wildman–Crippen LogP) is 4.39. The van der Waals surface area contributed by atoms with Gasteiger partial charge in [0.05, 0.1) is 5.56 Å². The molecule has 2 aromatic rings. The molecule has 0 aliphatic rings. The Kier molecular flexibility index (Phi) is 7.36. The molecule has 0 radical (unpaired) electrons. The zero-order chi connectivity index (χ0) is 21.4. The first-order valence-electron chi connectivity index (χ1n) is 9.32. The van der Waals surface area contributed by atoms with Crippen LogP contribution in [0.1, 0.15) is 43.6 Å². The Bertz CT molecular complexity index is 887. The molecule has 154 valence electrons. The second-order valence-corrected chi connectivity index (χ2v) is 7.39. The Morgan fingerprint density at radius 3 is 2.24 bits per heavy atom. The van der Waals surface area contributed by atoms with Gasteiger partial charge in [-0.1, -0.05) is 25.1 Å². The molecule has 0 saturated heterocycles. The maximum Gasteiger partial charge on any atom is 0.412 e. The highest BCUT2D eigenvalue weighted by Gasteiger charge is 2.17. The third-order valence-corrected chi connectivity index (χ3v) is 3.70. The fourth-order valence-electron chi connectivity index (χ4n) is 2.43. The highest BCUT2D eigenvalue weighted by molar-refractivity contribution is 5.96. The van der Waals surface area contributed by atoms with Gasteiger partial charge in [-0.05, 0) is 63.1 Å². The summed E-state index contributed by atoms with van der Waals surface area (Å²) in [4.78, 5) is 36.1. The van der Waals surface area contributed by atoms with Crippen LogP contribution in [-0.4, -0.2) is 30.2 Å². The van der Waals surface area contributed by atoms with Gasteiger partial charge in [0.2, 0.25) is 0 Å². The van der Waals surface area contributed by atoms with Gasteiger partial charge in [-0.25, -0.2) is 9.59 Å². The van der Waals surface area contributed by atoms with Crippen LogP contribution in [0.15, 0.2) is 48.5 Å². The molecule has 0 aromatic heterocycles. The number of nitrogens with one attached hydrogen (secondary N) is 2. The van der Waals surface area contributed by atoms with E-state index >= 15 is 0 Å². The maximum absolute atomic E-state index is 12.2. The standard InChI is InChI=1S/C22H26N2O5/c1-5-15-8-6-10-17(12-15)23-19(25)14-28-20(26)16-9-7-11-18(13-16)24-21(27)29-22(2,3)4/h6-13H,5,14H2,1-4H3,(H,23,25)(H,24,27). The van der Waals surface area contributed by atoms with Gasteiger partial charge in [-0.15, -0.1) is 0 Å². The zero-order valence-electron chi connectivity index (χ0n) is 17.1. The topological polar surface area (TPSA) is 93.7 Å². The summed E-state index contributed by atoms with van der Waals surface area (Å²) in [6.07, 6.45) is 0.225. The molecule has 29 heavy (non-hydrogen) atoms. The van der Waals surface area contributed by atoms with Crippen molar-refractivity contribution in [2.24, 2.45) is 0 Å². The van der Waals surface area contributed by atoms with E-state index in [1.165, 1.54) is 12.1 Å². The fourth-order valence-corrected chi connectivity index (χ4v) is 2.43. The summed E-state index contributed by atoms with van der Waals surface area (Å²) >= 11 is 0. The lowest BCUT2D eigenvalue weighted by Crippen LogP contribution is -2.27. The van der Waals surface area contributed by atoms with E-state index in [2.05, 4.69) is 10.6 Å². The summed E-state index contributed by atoms with van der Waals surface area (Å²) in [7, 11) is 0. The van der Waals surface area contributed by atoms with Gasteiger partial charge in [0.15, 0.2) is 6.61 Å². The average molecular weight is 398 g/mol. The van der Waals surface area contributed by atoms with Gasteiger partial charge in [-0.3, -0.25) is 10.1 Å². The summed E-state index contributed by atoms with van der Waals surface area (Å²) in [5.41, 5.74) is 1.70. The molecule has 0 fully saturated rings. The Morgan fingerprint density at radius 1 is 0.931 bits per heavy atom. The van der Waals surface area contributed by atoms with E-state index in [0.29, 0.717) is 11.4 Å². The van der Waals surface area contributed by atoms with Crippen molar-refractivity contribution in [1.29, 1.82) is 0 Å². The predicted molar refractivity (Wildman–Crippen MR) is 111 cm³/mol. The Morgan fingerprint density at radius 2 is 1.59 bits per heavy atom. The summed E-state index contributed by atoms with van der Waals surface area (Å²) < 4.78 is 10.2. The molecular weight excluding hydrogens is 372 g/mol. The van der Waals surface area contributed by atoms with E-state index in [-0.39, 0.29) is 5.56 Å². The molecule has 2 aromatic carbocycles. The molecule has 7 nitrogen and oxygen atoms in total. The molecule has 2 amide bonds. The molecule has 0 saturated carbocycles. The van der Waals surface area contributed by atoms with Gasteiger partial charge >= 0.3 is 12.1 Å². The minimum absolute atomic E-state index is 0.208. The number of amides is 2. The van der Waals surface area contributed by atoms with Crippen molar-refractivity contribution in [3.05, 3.63) is 59.7 Å². The molecule has 0 unspecified atom stereocenters. The van der Waals surface area contributed by atoms with Crippen LogP contribution in [0.5, 0.6) is 0 Å². The van der Waals surface area contributed by atoms with Crippen molar-refractivity contribution in [3.8, 4) is 0 Å². The van der Waals surface area contributed by atoms with Gasteiger partial charge in [0.1, 0.15) is 5.60 Å². The van der Waals surface area contributed by atoms with E-state index in [0.717, 1.165) is 12.0 Å². The van der Waals surface area contributed by atoms with Crippen LogP contribution in [0.25, 0.3) is 0 Å². The normalized spacial score (nSPS) is 10.8. The van der Waals surface area contributed by atoms with Crippen molar-refractivity contribution in [1.82, 2.24) is 0 Å². The van der Waals surface area contributed by atoms with Gasteiger partial charge < -0.3 is 14.8 Å². The van der Waals surface area contributed by atoms with Crippen LogP contribution >= 0.6 is 0 Å². The molecule has 0 aliphatic carbocycles. The third-order valence-electron chi connectivity index (χ3n) is 3.70. The molecule has 0 heterocycles. The Hall–Kier alpha value is -3.35. The second kappa shape index (κ2) is 9.73. The minimum Gasteiger partial charge on any atom is -0.452 e. The largest absolute Gasteiger partial charge is 0.452 e. The number of carbonyl (C=O) groups excluding carboxylic acids is 3. The number of hydrogen-bond acceptors (Lipinski definition) is 5.